The molecule has 5 heteroatoms. The van der Waals surface area contributed by atoms with Crippen molar-refractivity contribution in [1.82, 2.24) is 0 Å². The van der Waals surface area contributed by atoms with Crippen molar-refractivity contribution in [1.29, 1.82) is 0 Å². The second-order valence-corrected chi connectivity index (χ2v) is 4.36. The highest BCUT2D eigenvalue weighted by Crippen LogP contribution is 2.18. The summed E-state index contributed by atoms with van der Waals surface area (Å²) in [6.45, 7) is 2.14. The van der Waals surface area contributed by atoms with Gasteiger partial charge in [0, 0.05) is 23.9 Å². The molecule has 110 valence electrons. The van der Waals surface area contributed by atoms with Gasteiger partial charge in [-0.25, -0.2) is 13.6 Å². The van der Waals surface area contributed by atoms with Crippen LogP contribution >= 0.6 is 0 Å². The van der Waals surface area contributed by atoms with Gasteiger partial charge in [0.2, 0.25) is 0 Å². The van der Waals surface area contributed by atoms with E-state index >= 15 is 0 Å². The number of hydrogen-bond donors (Lipinski definition) is 1. The molecular weight excluding hydrogens is 276 g/mol. The van der Waals surface area contributed by atoms with Crippen LogP contribution in [0.25, 0.3) is 0 Å². The van der Waals surface area contributed by atoms with Crippen LogP contribution in [0.2, 0.25) is 0 Å². The predicted molar refractivity (Wildman–Crippen MR) is 76.1 cm³/mol. The van der Waals surface area contributed by atoms with E-state index in [2.05, 4.69) is 5.32 Å². The van der Waals surface area contributed by atoms with Crippen molar-refractivity contribution in [3.8, 4) is 0 Å². The van der Waals surface area contributed by atoms with Gasteiger partial charge in [0.05, 0.1) is 12.2 Å². The lowest BCUT2D eigenvalue weighted by Gasteiger charge is -2.11. The number of hydrogen-bond acceptors (Lipinski definition) is 3. The van der Waals surface area contributed by atoms with E-state index in [1.807, 2.05) is 0 Å². The average Bonchev–Trinajstić information content (AvgIpc) is 2.47. The Morgan fingerprint density at radius 2 is 1.95 bits per heavy atom. The molecule has 0 heterocycles. The molecule has 0 aliphatic carbocycles. The average molecular weight is 291 g/mol. The number of ether oxygens (including phenoxy) is 1. The highest BCUT2D eigenvalue weighted by molar-refractivity contribution is 5.95. The van der Waals surface area contributed by atoms with Gasteiger partial charge in [-0.3, -0.25) is 0 Å². The van der Waals surface area contributed by atoms with Crippen LogP contribution in [0.4, 0.5) is 14.5 Å². The summed E-state index contributed by atoms with van der Waals surface area (Å²) >= 11 is 0. The molecule has 0 saturated heterocycles. The summed E-state index contributed by atoms with van der Waals surface area (Å²) in [5, 5.41) is 2.97. The molecule has 0 unspecified atom stereocenters. The van der Waals surface area contributed by atoms with E-state index < -0.39 is 17.6 Å². The van der Waals surface area contributed by atoms with E-state index in [0.29, 0.717) is 16.8 Å². The highest BCUT2D eigenvalue weighted by Gasteiger charge is 2.12. The quantitative estimate of drug-likeness (QED) is 0.853. The SMILES string of the molecule is CCOC(=O)c1ccccc1NCc1ccc(F)cc1F. The number of carbonyl (C=O) groups excluding carboxylic acids is 1. The Kier molecular flexibility index (Phi) is 4.87. The molecule has 0 spiro atoms. The molecular formula is C16H15F2NO2. The van der Waals surface area contributed by atoms with E-state index in [-0.39, 0.29) is 13.2 Å². The summed E-state index contributed by atoms with van der Waals surface area (Å²) in [4.78, 5) is 11.8. The van der Waals surface area contributed by atoms with Crippen molar-refractivity contribution in [3.05, 3.63) is 65.2 Å². The van der Waals surface area contributed by atoms with Crippen molar-refractivity contribution < 1.29 is 18.3 Å². The minimum absolute atomic E-state index is 0.141. The standard InChI is InChI=1S/C16H15F2NO2/c1-2-21-16(20)13-5-3-4-6-15(13)19-10-11-7-8-12(17)9-14(11)18/h3-9,19H,2,10H2,1H3. The van der Waals surface area contributed by atoms with Crippen LogP contribution in [0, 0.1) is 11.6 Å². The predicted octanol–water partition coefficient (Wildman–Crippen LogP) is 3.75. The van der Waals surface area contributed by atoms with Crippen molar-refractivity contribution in [2.24, 2.45) is 0 Å². The summed E-state index contributed by atoms with van der Waals surface area (Å²) in [6, 6.07) is 10.2. The Hall–Kier alpha value is -2.43. The molecule has 0 aromatic heterocycles. The molecule has 2 rings (SSSR count). The van der Waals surface area contributed by atoms with Gasteiger partial charge in [0.15, 0.2) is 0 Å². The fourth-order valence-corrected chi connectivity index (χ4v) is 1.88. The second kappa shape index (κ2) is 6.83. The monoisotopic (exact) mass is 291 g/mol. The fourth-order valence-electron chi connectivity index (χ4n) is 1.88. The van der Waals surface area contributed by atoms with Crippen LogP contribution < -0.4 is 5.32 Å². The van der Waals surface area contributed by atoms with Crippen LogP contribution in [0.3, 0.4) is 0 Å². The Labute approximate surface area is 121 Å². The number of halogens is 2. The third-order valence-corrected chi connectivity index (χ3v) is 2.91. The number of benzene rings is 2. The lowest BCUT2D eigenvalue weighted by Crippen LogP contribution is -2.10. The summed E-state index contributed by atoms with van der Waals surface area (Å²) in [6.07, 6.45) is 0. The molecule has 0 bridgehead atoms. The van der Waals surface area contributed by atoms with Gasteiger partial charge in [-0.05, 0) is 25.1 Å². The van der Waals surface area contributed by atoms with Gasteiger partial charge in [-0.1, -0.05) is 18.2 Å². The first kappa shape index (κ1) is 15.0. The highest BCUT2D eigenvalue weighted by atomic mass is 19.1. The summed E-state index contributed by atoms with van der Waals surface area (Å²) in [7, 11) is 0. The number of anilines is 1. The molecule has 0 radical (unpaired) electrons. The zero-order valence-corrected chi connectivity index (χ0v) is 11.5. The Balaban J connectivity index is 2.14. The smallest absolute Gasteiger partial charge is 0.340 e. The Bertz CT molecular complexity index is 644. The van der Waals surface area contributed by atoms with Crippen LogP contribution in [0.5, 0.6) is 0 Å². The normalized spacial score (nSPS) is 10.2. The topological polar surface area (TPSA) is 38.3 Å². The van der Waals surface area contributed by atoms with E-state index in [1.54, 1.807) is 31.2 Å². The first-order valence-corrected chi connectivity index (χ1v) is 6.55. The number of esters is 1. The molecule has 21 heavy (non-hydrogen) atoms. The van der Waals surface area contributed by atoms with Crippen LogP contribution in [0.1, 0.15) is 22.8 Å². The van der Waals surface area contributed by atoms with E-state index in [4.69, 9.17) is 4.74 Å². The van der Waals surface area contributed by atoms with Gasteiger partial charge in [0.25, 0.3) is 0 Å². The number of para-hydroxylation sites is 1. The largest absolute Gasteiger partial charge is 0.462 e. The van der Waals surface area contributed by atoms with Crippen LogP contribution in [0.15, 0.2) is 42.5 Å². The number of rotatable bonds is 5. The molecule has 3 nitrogen and oxygen atoms in total. The van der Waals surface area contributed by atoms with Gasteiger partial charge in [-0.2, -0.15) is 0 Å². The summed E-state index contributed by atoms with van der Waals surface area (Å²) in [5.41, 5.74) is 1.23. The maximum atomic E-state index is 13.6. The Morgan fingerprint density at radius 3 is 2.67 bits per heavy atom. The number of nitrogens with one attached hydrogen (secondary N) is 1. The van der Waals surface area contributed by atoms with E-state index in [0.717, 1.165) is 6.07 Å². The maximum absolute atomic E-state index is 13.6. The molecule has 2 aromatic rings. The molecule has 0 atom stereocenters. The van der Waals surface area contributed by atoms with Gasteiger partial charge in [0.1, 0.15) is 11.6 Å². The third kappa shape index (κ3) is 3.78. The fraction of sp³-hybridized carbons (Fsp3) is 0.188. The van der Waals surface area contributed by atoms with Crippen molar-refractivity contribution in [2.75, 3.05) is 11.9 Å². The van der Waals surface area contributed by atoms with Crippen molar-refractivity contribution in [3.63, 3.8) is 0 Å². The zero-order valence-electron chi connectivity index (χ0n) is 11.5. The molecule has 0 aliphatic rings. The van der Waals surface area contributed by atoms with Crippen molar-refractivity contribution >= 4 is 11.7 Å². The van der Waals surface area contributed by atoms with Gasteiger partial charge < -0.3 is 10.1 Å². The molecule has 0 aliphatic heterocycles. The summed E-state index contributed by atoms with van der Waals surface area (Å²) in [5.74, 6) is -1.69. The molecule has 2 aromatic carbocycles. The molecule has 0 fully saturated rings. The molecule has 0 saturated carbocycles. The molecule has 0 amide bonds. The van der Waals surface area contributed by atoms with Crippen LogP contribution in [-0.2, 0) is 11.3 Å². The lowest BCUT2D eigenvalue weighted by atomic mass is 10.1. The maximum Gasteiger partial charge on any atom is 0.340 e. The van der Waals surface area contributed by atoms with Crippen molar-refractivity contribution in [2.45, 2.75) is 13.5 Å². The van der Waals surface area contributed by atoms with E-state index in [9.17, 15) is 13.6 Å². The minimum Gasteiger partial charge on any atom is -0.462 e. The summed E-state index contributed by atoms with van der Waals surface area (Å²) < 4.78 is 31.4. The lowest BCUT2D eigenvalue weighted by molar-refractivity contribution is 0.0527. The first-order chi connectivity index (χ1) is 10.1. The minimum atomic E-state index is -0.629. The van der Waals surface area contributed by atoms with Gasteiger partial charge in [-0.15, -0.1) is 0 Å². The second-order valence-electron chi connectivity index (χ2n) is 4.36. The number of carbonyl (C=O) groups is 1. The van der Waals surface area contributed by atoms with Crippen LogP contribution in [-0.4, -0.2) is 12.6 Å². The van der Waals surface area contributed by atoms with E-state index in [1.165, 1.54) is 12.1 Å². The van der Waals surface area contributed by atoms with Gasteiger partial charge >= 0.3 is 5.97 Å². The third-order valence-electron chi connectivity index (χ3n) is 2.91. The Morgan fingerprint density at radius 1 is 1.19 bits per heavy atom. The molecule has 1 N–H and O–H groups in total. The zero-order chi connectivity index (χ0) is 15.2. The first-order valence-electron chi connectivity index (χ1n) is 6.55.